The molecule has 0 aromatic heterocycles. The monoisotopic (exact) mass is 358 g/mol. The van der Waals surface area contributed by atoms with Crippen molar-refractivity contribution in [3.05, 3.63) is 35.4 Å². The second-order valence-corrected chi connectivity index (χ2v) is 7.94. The Bertz CT molecular complexity index is 546. The molecular formula is C22H34N2O2. The largest absolute Gasteiger partial charge is 0.376 e. The van der Waals surface area contributed by atoms with E-state index in [4.69, 9.17) is 4.74 Å². The molecule has 2 aliphatic heterocycles. The lowest BCUT2D eigenvalue weighted by atomic mass is 9.93. The van der Waals surface area contributed by atoms with Crippen LogP contribution in [-0.2, 0) is 16.0 Å². The van der Waals surface area contributed by atoms with Crippen LogP contribution >= 0.6 is 0 Å². The van der Waals surface area contributed by atoms with Gasteiger partial charge in [-0.1, -0.05) is 29.8 Å². The summed E-state index contributed by atoms with van der Waals surface area (Å²) < 4.78 is 5.79. The maximum atomic E-state index is 12.9. The Morgan fingerprint density at radius 2 is 1.96 bits per heavy atom. The van der Waals surface area contributed by atoms with Crippen LogP contribution in [0.15, 0.2) is 24.3 Å². The summed E-state index contributed by atoms with van der Waals surface area (Å²) in [7, 11) is 0. The van der Waals surface area contributed by atoms with Crippen LogP contribution in [0.2, 0.25) is 0 Å². The molecule has 144 valence electrons. The maximum Gasteiger partial charge on any atom is 0.222 e. The lowest BCUT2D eigenvalue weighted by Gasteiger charge is -2.27. The number of nitrogens with one attached hydrogen (secondary N) is 1. The second kappa shape index (κ2) is 10.1. The number of aryl methyl sites for hydroxylation is 1. The normalized spacial score (nSPS) is 21.0. The number of hydrogen-bond acceptors (Lipinski definition) is 3. The zero-order valence-corrected chi connectivity index (χ0v) is 16.2. The van der Waals surface area contributed by atoms with Gasteiger partial charge in [-0.05, 0) is 70.0 Å². The van der Waals surface area contributed by atoms with Crippen LogP contribution in [0.25, 0.3) is 0 Å². The van der Waals surface area contributed by atoms with E-state index < -0.39 is 0 Å². The molecule has 2 saturated heterocycles. The molecule has 1 atom stereocenters. The summed E-state index contributed by atoms with van der Waals surface area (Å²) in [5.74, 6) is 1.02. The maximum absolute atomic E-state index is 12.9. The van der Waals surface area contributed by atoms with Gasteiger partial charge in [0.25, 0.3) is 0 Å². The Morgan fingerprint density at radius 3 is 2.65 bits per heavy atom. The van der Waals surface area contributed by atoms with E-state index in [1.165, 1.54) is 24.0 Å². The van der Waals surface area contributed by atoms with Gasteiger partial charge in [-0.25, -0.2) is 0 Å². The predicted molar refractivity (Wildman–Crippen MR) is 105 cm³/mol. The first kappa shape index (κ1) is 19.4. The summed E-state index contributed by atoms with van der Waals surface area (Å²) in [4.78, 5) is 15.0. The quantitative estimate of drug-likeness (QED) is 0.775. The van der Waals surface area contributed by atoms with Crippen molar-refractivity contribution in [2.75, 3.05) is 32.8 Å². The first-order valence-corrected chi connectivity index (χ1v) is 10.4. The Kier molecular flexibility index (Phi) is 7.51. The topological polar surface area (TPSA) is 41.6 Å². The summed E-state index contributed by atoms with van der Waals surface area (Å²) in [6, 6.07) is 8.66. The minimum Gasteiger partial charge on any atom is -0.376 e. The summed E-state index contributed by atoms with van der Waals surface area (Å²) in [6.07, 6.45) is 7.51. The van der Waals surface area contributed by atoms with Gasteiger partial charge in [-0.15, -0.1) is 0 Å². The highest BCUT2D eigenvalue weighted by Crippen LogP contribution is 2.20. The number of amides is 1. The smallest absolute Gasteiger partial charge is 0.222 e. The van der Waals surface area contributed by atoms with Crippen molar-refractivity contribution in [2.45, 2.75) is 58.0 Å². The predicted octanol–water partition coefficient (Wildman–Crippen LogP) is 3.32. The van der Waals surface area contributed by atoms with E-state index in [0.717, 1.165) is 58.5 Å². The minimum atomic E-state index is 0.232. The fourth-order valence-electron chi connectivity index (χ4n) is 4.03. The molecule has 2 fully saturated rings. The summed E-state index contributed by atoms with van der Waals surface area (Å²) >= 11 is 0. The first-order valence-electron chi connectivity index (χ1n) is 10.4. The van der Waals surface area contributed by atoms with Gasteiger partial charge in [-0.3, -0.25) is 4.79 Å². The highest BCUT2D eigenvalue weighted by molar-refractivity contribution is 5.76. The fourth-order valence-corrected chi connectivity index (χ4v) is 4.03. The van der Waals surface area contributed by atoms with Crippen LogP contribution < -0.4 is 5.32 Å². The number of carbonyl (C=O) groups excluding carboxylic acids is 1. The van der Waals surface area contributed by atoms with Gasteiger partial charge >= 0.3 is 0 Å². The van der Waals surface area contributed by atoms with Crippen molar-refractivity contribution >= 4 is 5.91 Å². The molecule has 0 spiro atoms. The summed E-state index contributed by atoms with van der Waals surface area (Å²) in [5, 5.41) is 3.40. The van der Waals surface area contributed by atoms with Crippen molar-refractivity contribution < 1.29 is 9.53 Å². The third kappa shape index (κ3) is 6.10. The Balaban J connectivity index is 1.52. The van der Waals surface area contributed by atoms with Gasteiger partial charge in [0.15, 0.2) is 0 Å². The Labute approximate surface area is 158 Å². The van der Waals surface area contributed by atoms with Crippen molar-refractivity contribution in [3.63, 3.8) is 0 Å². The number of nitrogens with zero attached hydrogens (tertiary/aromatic N) is 1. The van der Waals surface area contributed by atoms with E-state index in [1.807, 2.05) is 0 Å². The standard InChI is InChI=1S/C22H34N2O2/c1-18-4-6-19(7-5-18)12-15-24(17-21-3-2-16-26-21)22(25)9-8-20-10-13-23-14-11-20/h4-7,20-21,23H,2-3,8-17H2,1H3. The van der Waals surface area contributed by atoms with Crippen molar-refractivity contribution in [2.24, 2.45) is 5.92 Å². The molecular weight excluding hydrogens is 324 g/mol. The molecule has 26 heavy (non-hydrogen) atoms. The molecule has 0 saturated carbocycles. The second-order valence-electron chi connectivity index (χ2n) is 7.94. The highest BCUT2D eigenvalue weighted by Gasteiger charge is 2.23. The molecule has 0 radical (unpaired) electrons. The Morgan fingerprint density at radius 1 is 1.19 bits per heavy atom. The van der Waals surface area contributed by atoms with Gasteiger partial charge in [0, 0.05) is 26.1 Å². The fraction of sp³-hybridized carbons (Fsp3) is 0.682. The number of ether oxygens (including phenoxy) is 1. The molecule has 1 N–H and O–H groups in total. The molecule has 1 aromatic carbocycles. The molecule has 3 rings (SSSR count). The molecule has 4 heteroatoms. The third-order valence-electron chi connectivity index (χ3n) is 5.82. The summed E-state index contributed by atoms with van der Waals surface area (Å²) in [6.45, 7) is 6.72. The number of rotatable bonds is 8. The van der Waals surface area contributed by atoms with Gasteiger partial charge in [0.2, 0.25) is 5.91 Å². The number of hydrogen-bond donors (Lipinski definition) is 1. The summed E-state index contributed by atoms with van der Waals surface area (Å²) in [5.41, 5.74) is 2.59. The van der Waals surface area contributed by atoms with Crippen LogP contribution in [0.3, 0.4) is 0 Å². The van der Waals surface area contributed by atoms with E-state index in [1.54, 1.807) is 0 Å². The lowest BCUT2D eigenvalue weighted by Crippen LogP contribution is -2.39. The minimum absolute atomic E-state index is 0.232. The van der Waals surface area contributed by atoms with Crippen LogP contribution in [0.5, 0.6) is 0 Å². The van der Waals surface area contributed by atoms with E-state index in [0.29, 0.717) is 18.2 Å². The third-order valence-corrected chi connectivity index (χ3v) is 5.82. The van der Waals surface area contributed by atoms with Crippen LogP contribution in [0.4, 0.5) is 0 Å². The SMILES string of the molecule is Cc1ccc(CCN(CC2CCCO2)C(=O)CCC2CCNCC2)cc1. The van der Waals surface area contributed by atoms with Gasteiger partial charge < -0.3 is 15.0 Å². The van der Waals surface area contributed by atoms with Crippen LogP contribution in [-0.4, -0.2) is 49.7 Å². The first-order chi connectivity index (χ1) is 12.7. The highest BCUT2D eigenvalue weighted by atomic mass is 16.5. The molecule has 0 aliphatic carbocycles. The van der Waals surface area contributed by atoms with Crippen molar-refractivity contribution in [1.82, 2.24) is 10.2 Å². The molecule has 4 nitrogen and oxygen atoms in total. The average Bonchev–Trinajstić information content (AvgIpc) is 3.18. The van der Waals surface area contributed by atoms with E-state index in [9.17, 15) is 4.79 Å². The van der Waals surface area contributed by atoms with Gasteiger partial charge in [-0.2, -0.15) is 0 Å². The van der Waals surface area contributed by atoms with Crippen LogP contribution in [0, 0.1) is 12.8 Å². The lowest BCUT2D eigenvalue weighted by molar-refractivity contribution is -0.133. The number of piperidine rings is 1. The van der Waals surface area contributed by atoms with Crippen molar-refractivity contribution in [1.29, 1.82) is 0 Å². The molecule has 2 aliphatic rings. The van der Waals surface area contributed by atoms with Crippen LogP contribution in [0.1, 0.15) is 49.7 Å². The zero-order chi connectivity index (χ0) is 18.2. The average molecular weight is 359 g/mol. The molecule has 1 amide bonds. The number of benzene rings is 1. The Hall–Kier alpha value is -1.39. The molecule has 0 bridgehead atoms. The van der Waals surface area contributed by atoms with E-state index in [2.05, 4.69) is 41.4 Å². The zero-order valence-electron chi connectivity index (χ0n) is 16.2. The molecule has 1 unspecified atom stereocenters. The van der Waals surface area contributed by atoms with E-state index >= 15 is 0 Å². The van der Waals surface area contributed by atoms with Gasteiger partial charge in [0.1, 0.15) is 0 Å². The number of carbonyl (C=O) groups is 1. The van der Waals surface area contributed by atoms with E-state index in [-0.39, 0.29) is 6.10 Å². The molecule has 1 aromatic rings. The van der Waals surface area contributed by atoms with Crippen molar-refractivity contribution in [3.8, 4) is 0 Å². The molecule has 2 heterocycles. The van der Waals surface area contributed by atoms with Gasteiger partial charge in [0.05, 0.1) is 6.10 Å².